The zero-order valence-corrected chi connectivity index (χ0v) is 14.3. The summed E-state index contributed by atoms with van der Waals surface area (Å²) in [5.41, 5.74) is 0. The van der Waals surface area contributed by atoms with E-state index >= 15 is 0 Å². The minimum atomic E-state index is -2.41. The van der Waals surface area contributed by atoms with Gasteiger partial charge in [-0.1, -0.05) is 31.9 Å². The van der Waals surface area contributed by atoms with Crippen molar-refractivity contribution >= 4 is 63.3 Å². The van der Waals surface area contributed by atoms with Crippen LogP contribution in [0.25, 0.3) is 0 Å². The molecule has 0 aliphatic heterocycles. The molecule has 0 amide bonds. The molecule has 3 nitrogen and oxygen atoms in total. The van der Waals surface area contributed by atoms with Crippen LogP contribution in [0.2, 0.25) is 0 Å². The van der Waals surface area contributed by atoms with Crippen LogP contribution in [0.15, 0.2) is 0 Å². The van der Waals surface area contributed by atoms with Gasteiger partial charge in [-0.05, 0) is 12.8 Å². The van der Waals surface area contributed by atoms with Gasteiger partial charge in [0.25, 0.3) is 0 Å². The molecule has 0 aromatic rings. The summed E-state index contributed by atoms with van der Waals surface area (Å²) in [5.74, 6) is 1.08. The summed E-state index contributed by atoms with van der Waals surface area (Å²) in [6, 6.07) is 0. The molecule has 0 N–H and O–H groups in total. The van der Waals surface area contributed by atoms with Gasteiger partial charge < -0.3 is 9.05 Å². The van der Waals surface area contributed by atoms with Gasteiger partial charge >= 0.3 is 8.25 Å². The second-order valence-electron chi connectivity index (χ2n) is 3.02. The van der Waals surface area contributed by atoms with Gasteiger partial charge in [-0.3, -0.25) is 4.57 Å². The highest BCUT2D eigenvalue weighted by Gasteiger charge is 2.09. The summed E-state index contributed by atoms with van der Waals surface area (Å²) >= 11 is 17.8. The van der Waals surface area contributed by atoms with Crippen LogP contribution in [0.5, 0.6) is 0 Å². The fourth-order valence-corrected chi connectivity index (χ4v) is 3.78. The van der Waals surface area contributed by atoms with Gasteiger partial charge in [-0.15, -0.1) is 23.2 Å². The molecule has 0 saturated heterocycles. The second-order valence-corrected chi connectivity index (χ2v) is 7.45. The summed E-state index contributed by atoms with van der Waals surface area (Å²) < 4.78 is 21.4. The van der Waals surface area contributed by atoms with Crippen LogP contribution in [0.4, 0.5) is 0 Å². The molecule has 0 saturated carbocycles. The van der Waals surface area contributed by atoms with Crippen LogP contribution < -0.4 is 0 Å². The monoisotopic (exact) mass is 418 g/mol. The van der Waals surface area contributed by atoms with Crippen molar-refractivity contribution in [2.24, 2.45) is 0 Å². The second kappa shape index (κ2) is 11.8. The average Bonchev–Trinajstić information content (AvgIpc) is 2.24. The van der Waals surface area contributed by atoms with Crippen LogP contribution in [0.1, 0.15) is 12.8 Å². The van der Waals surface area contributed by atoms with Gasteiger partial charge in [0.2, 0.25) is 0 Å². The molecule has 0 bridgehead atoms. The number of hydrogen-bond donors (Lipinski definition) is 0. The first kappa shape index (κ1) is 17.7. The normalized spacial score (nSPS) is 17.0. The molecule has 2 atom stereocenters. The molecule has 0 fully saturated rings. The van der Waals surface area contributed by atoms with E-state index in [1.807, 2.05) is 0 Å². The lowest BCUT2D eigenvalue weighted by molar-refractivity contribution is 0.227. The van der Waals surface area contributed by atoms with Gasteiger partial charge in [-0.25, -0.2) is 0 Å². The Hall–Kier alpha value is 1.69. The first-order valence-electron chi connectivity index (χ1n) is 4.79. The van der Waals surface area contributed by atoms with Crippen LogP contribution in [0.3, 0.4) is 0 Å². The Balaban J connectivity index is 3.51. The average molecular weight is 421 g/mol. The molecule has 0 rings (SSSR count). The maximum absolute atomic E-state index is 11.3. The Kier molecular flexibility index (Phi) is 13.0. The van der Waals surface area contributed by atoms with Crippen LogP contribution in [0, 0.1) is 0 Å². The lowest BCUT2D eigenvalue weighted by Gasteiger charge is -2.11. The highest BCUT2D eigenvalue weighted by atomic mass is 79.9. The minimum Gasteiger partial charge on any atom is -0.309 e. The first-order chi connectivity index (χ1) is 7.60. The maximum Gasteiger partial charge on any atom is 0.319 e. The van der Waals surface area contributed by atoms with Gasteiger partial charge in [0.05, 0.1) is 13.2 Å². The van der Waals surface area contributed by atoms with E-state index in [0.717, 1.165) is 12.8 Å². The predicted octanol–water partition coefficient (Wildman–Crippen LogP) is 4.19. The lowest BCUT2D eigenvalue weighted by Crippen LogP contribution is -2.09. The highest BCUT2D eigenvalue weighted by Crippen LogP contribution is 2.27. The molecule has 0 aromatic heterocycles. The molecule has 98 valence electrons. The minimum absolute atomic E-state index is 0.116. The fourth-order valence-electron chi connectivity index (χ4n) is 0.762. The van der Waals surface area contributed by atoms with Crippen molar-refractivity contribution in [3.8, 4) is 0 Å². The largest absolute Gasteiger partial charge is 0.319 e. The van der Waals surface area contributed by atoms with E-state index in [0.29, 0.717) is 25.0 Å². The maximum atomic E-state index is 11.3. The van der Waals surface area contributed by atoms with Crippen molar-refractivity contribution < 1.29 is 13.6 Å². The SMILES string of the molecule is O=[PH](OCC(Br)CCCl)OCC(Br)CCCl. The van der Waals surface area contributed by atoms with Crippen molar-refractivity contribution in [1.29, 1.82) is 0 Å². The number of rotatable bonds is 10. The lowest BCUT2D eigenvalue weighted by atomic mass is 10.4. The van der Waals surface area contributed by atoms with Gasteiger partial charge in [0.15, 0.2) is 0 Å². The Morgan fingerprint density at radius 1 is 1.00 bits per heavy atom. The summed E-state index contributed by atoms with van der Waals surface area (Å²) in [6.45, 7) is 0.681. The number of hydrogen-bond acceptors (Lipinski definition) is 3. The predicted molar refractivity (Wildman–Crippen MR) is 77.0 cm³/mol. The Labute approximate surface area is 124 Å². The molecule has 0 heterocycles. The molecule has 2 unspecified atom stereocenters. The summed E-state index contributed by atoms with van der Waals surface area (Å²) in [6.07, 6.45) is 1.54. The summed E-state index contributed by atoms with van der Waals surface area (Å²) in [4.78, 5) is 0.232. The summed E-state index contributed by atoms with van der Waals surface area (Å²) in [7, 11) is -2.41. The van der Waals surface area contributed by atoms with E-state index in [1.54, 1.807) is 0 Å². The smallest absolute Gasteiger partial charge is 0.309 e. The third-order valence-corrected chi connectivity index (χ3v) is 4.29. The Morgan fingerprint density at radius 2 is 1.38 bits per heavy atom. The third-order valence-electron chi connectivity index (χ3n) is 1.61. The Morgan fingerprint density at radius 3 is 1.69 bits per heavy atom. The number of halogens is 4. The molecule has 0 radical (unpaired) electrons. The van der Waals surface area contributed by atoms with E-state index in [-0.39, 0.29) is 9.65 Å². The molecule has 0 spiro atoms. The molecule has 16 heavy (non-hydrogen) atoms. The molecule has 0 aliphatic carbocycles. The summed E-state index contributed by atoms with van der Waals surface area (Å²) in [5, 5.41) is 0. The van der Waals surface area contributed by atoms with Crippen molar-refractivity contribution in [1.82, 2.24) is 0 Å². The van der Waals surface area contributed by atoms with Crippen LogP contribution in [-0.4, -0.2) is 34.6 Å². The molecular weight excluding hydrogens is 406 g/mol. The van der Waals surface area contributed by atoms with E-state index in [4.69, 9.17) is 32.2 Å². The Bertz CT molecular complexity index is 182. The quantitative estimate of drug-likeness (QED) is 0.392. The van der Waals surface area contributed by atoms with Crippen LogP contribution >= 0.6 is 63.3 Å². The molecule has 8 heteroatoms. The van der Waals surface area contributed by atoms with Gasteiger partial charge in [-0.2, -0.15) is 0 Å². The topological polar surface area (TPSA) is 35.5 Å². The van der Waals surface area contributed by atoms with Gasteiger partial charge in [0.1, 0.15) is 0 Å². The van der Waals surface area contributed by atoms with Crippen molar-refractivity contribution in [2.45, 2.75) is 22.5 Å². The van der Waals surface area contributed by atoms with E-state index < -0.39 is 8.25 Å². The van der Waals surface area contributed by atoms with Crippen molar-refractivity contribution in [3.63, 3.8) is 0 Å². The van der Waals surface area contributed by atoms with E-state index in [2.05, 4.69) is 31.9 Å². The van der Waals surface area contributed by atoms with Crippen LogP contribution in [-0.2, 0) is 13.6 Å². The van der Waals surface area contributed by atoms with E-state index in [9.17, 15) is 4.57 Å². The number of alkyl halides is 4. The zero-order chi connectivity index (χ0) is 12.4. The molecule has 0 aromatic carbocycles. The van der Waals surface area contributed by atoms with Crippen molar-refractivity contribution in [2.75, 3.05) is 25.0 Å². The van der Waals surface area contributed by atoms with Gasteiger partial charge in [0, 0.05) is 21.4 Å². The third kappa shape index (κ3) is 10.8. The van der Waals surface area contributed by atoms with E-state index in [1.165, 1.54) is 0 Å². The first-order valence-corrected chi connectivity index (χ1v) is 8.92. The zero-order valence-electron chi connectivity index (χ0n) is 8.63. The molecule has 0 aliphatic rings. The highest BCUT2D eigenvalue weighted by molar-refractivity contribution is 9.09. The van der Waals surface area contributed by atoms with Crippen molar-refractivity contribution in [3.05, 3.63) is 0 Å². The molecular formula is C8H15Br2Cl2O3P. The standard InChI is InChI=1S/C8H15Br2Cl2O3P/c9-7(1-3-11)5-14-16(13)15-6-8(10)2-4-12/h7-8,16H,1-6H2. The fraction of sp³-hybridized carbons (Fsp3) is 1.00.